The highest BCUT2D eigenvalue weighted by Crippen LogP contribution is 2.27. The predicted octanol–water partition coefficient (Wildman–Crippen LogP) is 5.74. The largest absolute Gasteiger partial charge is 0.371 e. The van der Waals surface area contributed by atoms with Gasteiger partial charge in [-0.25, -0.2) is 0 Å². The van der Waals surface area contributed by atoms with Crippen molar-refractivity contribution in [1.29, 1.82) is 0 Å². The van der Waals surface area contributed by atoms with E-state index < -0.39 is 0 Å². The van der Waals surface area contributed by atoms with Crippen molar-refractivity contribution in [1.82, 2.24) is 0 Å². The summed E-state index contributed by atoms with van der Waals surface area (Å²) in [7, 11) is 0. The van der Waals surface area contributed by atoms with E-state index in [-0.39, 0.29) is 0 Å². The van der Waals surface area contributed by atoms with Crippen LogP contribution in [0.15, 0.2) is 12.2 Å². The van der Waals surface area contributed by atoms with Gasteiger partial charge < -0.3 is 4.74 Å². The van der Waals surface area contributed by atoms with E-state index in [1.165, 1.54) is 51.4 Å². The maximum Gasteiger partial charge on any atom is 0.0787 e. The molecule has 0 saturated heterocycles. The molecular weight excluding hydrogens is 232 g/mol. The molecule has 1 aliphatic rings. The van der Waals surface area contributed by atoms with Crippen LogP contribution in [0.2, 0.25) is 0 Å². The Balaban J connectivity index is 2.14. The molecule has 0 spiro atoms. The second kappa shape index (κ2) is 9.58. The third-order valence-corrected chi connectivity index (χ3v) is 4.03. The zero-order valence-electron chi connectivity index (χ0n) is 13.5. The molecule has 0 saturated carbocycles. The monoisotopic (exact) mass is 266 g/mol. The Bertz CT molecular complexity index is 242. The molecule has 19 heavy (non-hydrogen) atoms. The van der Waals surface area contributed by atoms with Crippen LogP contribution in [0.25, 0.3) is 0 Å². The van der Waals surface area contributed by atoms with Gasteiger partial charge in [0.1, 0.15) is 0 Å². The summed E-state index contributed by atoms with van der Waals surface area (Å²) in [5, 5.41) is 0. The van der Waals surface area contributed by atoms with E-state index in [9.17, 15) is 0 Å². The summed E-state index contributed by atoms with van der Waals surface area (Å²) in [6, 6.07) is 0. The number of hydrogen-bond acceptors (Lipinski definition) is 1. The summed E-state index contributed by atoms with van der Waals surface area (Å²) in [5.41, 5.74) is 0. The molecule has 0 aliphatic heterocycles. The van der Waals surface area contributed by atoms with Crippen molar-refractivity contribution in [3.8, 4) is 0 Å². The second-order valence-corrected chi connectivity index (χ2v) is 6.80. The van der Waals surface area contributed by atoms with E-state index in [0.29, 0.717) is 12.2 Å². The number of unbranched alkanes of at least 4 members (excludes halogenated alkanes) is 3. The predicted molar refractivity (Wildman–Crippen MR) is 84.4 cm³/mol. The minimum absolute atomic E-state index is 0.348. The zero-order valence-corrected chi connectivity index (χ0v) is 13.5. The van der Waals surface area contributed by atoms with E-state index in [1.54, 1.807) is 0 Å². The van der Waals surface area contributed by atoms with Crippen LogP contribution in [0, 0.1) is 11.8 Å². The molecule has 0 radical (unpaired) electrons. The fourth-order valence-electron chi connectivity index (χ4n) is 2.95. The van der Waals surface area contributed by atoms with Crippen LogP contribution in [0.3, 0.4) is 0 Å². The van der Waals surface area contributed by atoms with Crippen LogP contribution in [0.4, 0.5) is 0 Å². The molecule has 0 bridgehead atoms. The van der Waals surface area contributed by atoms with Crippen molar-refractivity contribution in [3.05, 3.63) is 12.2 Å². The molecule has 0 heterocycles. The first-order valence-corrected chi connectivity index (χ1v) is 8.41. The molecule has 2 unspecified atom stereocenters. The van der Waals surface area contributed by atoms with Gasteiger partial charge in [0.25, 0.3) is 0 Å². The number of ether oxygens (including phenoxy) is 1. The lowest BCUT2D eigenvalue weighted by molar-refractivity contribution is -0.00555. The average Bonchev–Trinajstić information content (AvgIpc) is 2.34. The summed E-state index contributed by atoms with van der Waals surface area (Å²) in [6.07, 6.45) is 16.2. The summed E-state index contributed by atoms with van der Waals surface area (Å²) < 4.78 is 6.03. The Morgan fingerprint density at radius 2 is 1.79 bits per heavy atom. The normalized spacial score (nSPS) is 23.5. The van der Waals surface area contributed by atoms with Gasteiger partial charge in [-0.05, 0) is 44.9 Å². The molecule has 0 fully saturated rings. The first-order chi connectivity index (χ1) is 9.09. The summed E-state index contributed by atoms with van der Waals surface area (Å²) in [5.74, 6) is 1.63. The average molecular weight is 266 g/mol. The quantitative estimate of drug-likeness (QED) is 0.382. The van der Waals surface area contributed by atoms with Crippen LogP contribution in [0.1, 0.15) is 79.1 Å². The Labute approximate surface area is 120 Å². The molecule has 0 aromatic carbocycles. The fraction of sp³-hybridized carbons (Fsp3) is 0.889. The van der Waals surface area contributed by atoms with Crippen LogP contribution in [0.5, 0.6) is 0 Å². The van der Waals surface area contributed by atoms with Crippen LogP contribution >= 0.6 is 0 Å². The molecule has 0 amide bonds. The van der Waals surface area contributed by atoms with Gasteiger partial charge in [0.2, 0.25) is 0 Å². The SMILES string of the molecule is CC(C)CCCCCCC1CCC=CC1OC(C)C. The summed E-state index contributed by atoms with van der Waals surface area (Å²) in [6.45, 7) is 8.93. The van der Waals surface area contributed by atoms with E-state index in [0.717, 1.165) is 11.8 Å². The molecule has 1 heteroatoms. The molecule has 0 aromatic rings. The molecule has 1 aliphatic carbocycles. The van der Waals surface area contributed by atoms with E-state index in [1.807, 2.05) is 0 Å². The van der Waals surface area contributed by atoms with Crippen molar-refractivity contribution >= 4 is 0 Å². The van der Waals surface area contributed by atoms with Gasteiger partial charge in [-0.2, -0.15) is 0 Å². The minimum atomic E-state index is 0.348. The Hall–Kier alpha value is -0.300. The lowest BCUT2D eigenvalue weighted by Crippen LogP contribution is -2.27. The first-order valence-electron chi connectivity index (χ1n) is 8.41. The number of hydrogen-bond donors (Lipinski definition) is 0. The topological polar surface area (TPSA) is 9.23 Å². The smallest absolute Gasteiger partial charge is 0.0787 e. The Morgan fingerprint density at radius 3 is 2.47 bits per heavy atom. The highest BCUT2D eigenvalue weighted by atomic mass is 16.5. The van der Waals surface area contributed by atoms with Crippen molar-refractivity contribution < 1.29 is 4.74 Å². The molecule has 1 nitrogen and oxygen atoms in total. The lowest BCUT2D eigenvalue weighted by atomic mass is 9.86. The first kappa shape index (κ1) is 16.8. The molecule has 1 rings (SSSR count). The Kier molecular flexibility index (Phi) is 8.45. The minimum Gasteiger partial charge on any atom is -0.371 e. The molecular formula is C18H34O. The molecule has 0 N–H and O–H groups in total. The van der Waals surface area contributed by atoms with Gasteiger partial charge in [0, 0.05) is 0 Å². The third kappa shape index (κ3) is 7.77. The van der Waals surface area contributed by atoms with E-state index >= 15 is 0 Å². The second-order valence-electron chi connectivity index (χ2n) is 6.80. The lowest BCUT2D eigenvalue weighted by Gasteiger charge is -2.29. The van der Waals surface area contributed by atoms with Gasteiger partial charge in [-0.3, -0.25) is 0 Å². The van der Waals surface area contributed by atoms with Crippen LogP contribution < -0.4 is 0 Å². The number of allylic oxidation sites excluding steroid dienone is 1. The summed E-state index contributed by atoms with van der Waals surface area (Å²) in [4.78, 5) is 0. The van der Waals surface area contributed by atoms with Crippen molar-refractivity contribution in [3.63, 3.8) is 0 Å². The Morgan fingerprint density at radius 1 is 1.05 bits per heavy atom. The van der Waals surface area contributed by atoms with Crippen molar-refractivity contribution in [2.24, 2.45) is 11.8 Å². The van der Waals surface area contributed by atoms with Gasteiger partial charge >= 0.3 is 0 Å². The van der Waals surface area contributed by atoms with Gasteiger partial charge in [-0.15, -0.1) is 0 Å². The van der Waals surface area contributed by atoms with E-state index in [2.05, 4.69) is 39.8 Å². The maximum atomic E-state index is 6.03. The van der Waals surface area contributed by atoms with Gasteiger partial charge in [0.05, 0.1) is 12.2 Å². The van der Waals surface area contributed by atoms with Crippen LogP contribution in [-0.4, -0.2) is 12.2 Å². The standard InChI is InChI=1S/C18H34O/c1-15(2)11-7-5-6-8-12-17-13-9-10-14-18(17)19-16(3)4/h10,14-18H,5-9,11-13H2,1-4H3. The zero-order chi connectivity index (χ0) is 14.1. The molecule has 2 atom stereocenters. The van der Waals surface area contributed by atoms with Crippen molar-refractivity contribution in [2.75, 3.05) is 0 Å². The third-order valence-electron chi connectivity index (χ3n) is 4.03. The van der Waals surface area contributed by atoms with E-state index in [4.69, 9.17) is 4.74 Å². The molecule has 112 valence electrons. The van der Waals surface area contributed by atoms with Gasteiger partial charge in [0.15, 0.2) is 0 Å². The van der Waals surface area contributed by atoms with Gasteiger partial charge in [-0.1, -0.05) is 58.1 Å². The number of rotatable bonds is 9. The highest BCUT2D eigenvalue weighted by molar-refractivity contribution is 4.98. The fourth-order valence-corrected chi connectivity index (χ4v) is 2.95. The molecule has 0 aromatic heterocycles. The maximum absolute atomic E-state index is 6.03. The van der Waals surface area contributed by atoms with Crippen LogP contribution in [-0.2, 0) is 4.74 Å². The highest BCUT2D eigenvalue weighted by Gasteiger charge is 2.22. The summed E-state index contributed by atoms with van der Waals surface area (Å²) >= 11 is 0. The van der Waals surface area contributed by atoms with Crippen molar-refractivity contribution in [2.45, 2.75) is 91.3 Å².